The van der Waals surface area contributed by atoms with Gasteiger partial charge in [-0.25, -0.2) is 0 Å². The van der Waals surface area contributed by atoms with Crippen LogP contribution in [0.1, 0.15) is 40.0 Å². The molecule has 1 amide bonds. The SMILES string of the molecule is Cc1[nH]c2ccc(C(=O)N(C)Cc3ccccc3N3CCCC3)cc2c1C. The molecule has 0 atom stereocenters. The number of amides is 1. The van der Waals surface area contributed by atoms with E-state index in [-0.39, 0.29) is 5.91 Å². The lowest BCUT2D eigenvalue weighted by Crippen LogP contribution is -2.28. The Balaban J connectivity index is 1.57. The van der Waals surface area contributed by atoms with E-state index in [0.717, 1.165) is 35.2 Å². The molecule has 2 heterocycles. The van der Waals surface area contributed by atoms with Gasteiger partial charge in [-0.1, -0.05) is 18.2 Å². The predicted octanol–water partition coefficient (Wildman–Crippen LogP) is 4.66. The maximum atomic E-state index is 13.0. The lowest BCUT2D eigenvalue weighted by atomic mass is 10.1. The van der Waals surface area contributed by atoms with Gasteiger partial charge in [-0.15, -0.1) is 0 Å². The van der Waals surface area contributed by atoms with Gasteiger partial charge in [0.1, 0.15) is 0 Å². The predicted molar refractivity (Wildman–Crippen MR) is 111 cm³/mol. The van der Waals surface area contributed by atoms with Crippen molar-refractivity contribution in [1.82, 2.24) is 9.88 Å². The van der Waals surface area contributed by atoms with Crippen LogP contribution in [0.5, 0.6) is 0 Å². The van der Waals surface area contributed by atoms with Crippen LogP contribution in [0.2, 0.25) is 0 Å². The molecule has 1 aliphatic heterocycles. The highest BCUT2D eigenvalue weighted by molar-refractivity contribution is 5.99. The van der Waals surface area contributed by atoms with Gasteiger partial charge in [0.15, 0.2) is 0 Å². The van der Waals surface area contributed by atoms with Crippen molar-refractivity contribution in [2.75, 3.05) is 25.0 Å². The van der Waals surface area contributed by atoms with E-state index < -0.39 is 0 Å². The topological polar surface area (TPSA) is 39.3 Å². The molecule has 1 aromatic heterocycles. The first kappa shape index (κ1) is 17.7. The lowest BCUT2D eigenvalue weighted by Gasteiger charge is -2.24. The highest BCUT2D eigenvalue weighted by Crippen LogP contribution is 2.27. The van der Waals surface area contributed by atoms with Crippen molar-refractivity contribution in [2.24, 2.45) is 0 Å². The van der Waals surface area contributed by atoms with Crippen LogP contribution in [-0.4, -0.2) is 35.9 Å². The number of carbonyl (C=O) groups excluding carboxylic acids is 1. The minimum absolute atomic E-state index is 0.0615. The van der Waals surface area contributed by atoms with E-state index in [1.54, 1.807) is 0 Å². The summed E-state index contributed by atoms with van der Waals surface area (Å²) in [5.74, 6) is 0.0615. The summed E-state index contributed by atoms with van der Waals surface area (Å²) in [6.07, 6.45) is 2.50. The number of nitrogens with zero attached hydrogens (tertiary/aromatic N) is 2. The molecule has 4 nitrogen and oxygen atoms in total. The molecule has 2 aromatic carbocycles. The first-order valence-electron chi connectivity index (χ1n) is 9.72. The third-order valence-corrected chi connectivity index (χ3v) is 5.75. The molecule has 0 spiro atoms. The molecule has 4 heteroatoms. The maximum Gasteiger partial charge on any atom is 0.253 e. The number of aryl methyl sites for hydroxylation is 2. The van der Waals surface area contributed by atoms with E-state index in [4.69, 9.17) is 0 Å². The fourth-order valence-electron chi connectivity index (χ4n) is 4.05. The Hall–Kier alpha value is -2.75. The lowest BCUT2D eigenvalue weighted by molar-refractivity contribution is 0.0785. The molecular weight excluding hydrogens is 334 g/mol. The van der Waals surface area contributed by atoms with Crippen molar-refractivity contribution in [3.05, 3.63) is 64.8 Å². The zero-order valence-corrected chi connectivity index (χ0v) is 16.4. The summed E-state index contributed by atoms with van der Waals surface area (Å²) >= 11 is 0. The number of H-pyrrole nitrogens is 1. The van der Waals surface area contributed by atoms with Crippen molar-refractivity contribution in [2.45, 2.75) is 33.2 Å². The van der Waals surface area contributed by atoms with E-state index >= 15 is 0 Å². The first-order chi connectivity index (χ1) is 13.0. The van der Waals surface area contributed by atoms with Crippen molar-refractivity contribution < 1.29 is 4.79 Å². The van der Waals surface area contributed by atoms with Gasteiger partial charge < -0.3 is 14.8 Å². The molecule has 1 fully saturated rings. The molecule has 27 heavy (non-hydrogen) atoms. The second kappa shape index (κ2) is 7.10. The zero-order valence-electron chi connectivity index (χ0n) is 16.4. The standard InChI is InChI=1S/C23H27N3O/c1-16-17(2)24-21-11-10-18(14-20(16)21)23(27)25(3)15-19-8-4-5-9-22(19)26-12-6-7-13-26/h4-5,8-11,14,24H,6-7,12-13,15H2,1-3H3. The Kier molecular flexibility index (Phi) is 4.65. The summed E-state index contributed by atoms with van der Waals surface area (Å²) in [5.41, 5.74) is 6.67. The first-order valence-corrected chi connectivity index (χ1v) is 9.72. The Labute approximate surface area is 160 Å². The van der Waals surface area contributed by atoms with Gasteiger partial charge in [0.25, 0.3) is 5.91 Å². The minimum atomic E-state index is 0.0615. The highest BCUT2D eigenvalue weighted by Gasteiger charge is 2.19. The van der Waals surface area contributed by atoms with Crippen LogP contribution in [0.3, 0.4) is 0 Å². The zero-order chi connectivity index (χ0) is 19.0. The van der Waals surface area contributed by atoms with Gasteiger partial charge >= 0.3 is 0 Å². The average Bonchev–Trinajstić information content (AvgIpc) is 3.30. The number of hydrogen-bond donors (Lipinski definition) is 1. The number of para-hydroxylation sites is 1. The molecule has 0 bridgehead atoms. The largest absolute Gasteiger partial charge is 0.371 e. The summed E-state index contributed by atoms with van der Waals surface area (Å²) in [4.78, 5) is 20.7. The van der Waals surface area contributed by atoms with Gasteiger partial charge in [-0.3, -0.25) is 4.79 Å². The van der Waals surface area contributed by atoms with E-state index in [1.165, 1.54) is 29.7 Å². The highest BCUT2D eigenvalue weighted by atomic mass is 16.2. The Morgan fingerprint density at radius 2 is 1.85 bits per heavy atom. The smallest absolute Gasteiger partial charge is 0.253 e. The van der Waals surface area contributed by atoms with Crippen LogP contribution >= 0.6 is 0 Å². The number of nitrogens with one attached hydrogen (secondary N) is 1. The van der Waals surface area contributed by atoms with Crippen LogP contribution < -0.4 is 4.90 Å². The average molecular weight is 361 g/mol. The third kappa shape index (κ3) is 3.32. The van der Waals surface area contributed by atoms with E-state index in [1.807, 2.05) is 30.1 Å². The fourth-order valence-corrected chi connectivity index (χ4v) is 4.05. The van der Waals surface area contributed by atoms with Gasteiger partial charge in [-0.05, 0) is 62.1 Å². The van der Waals surface area contributed by atoms with E-state index in [0.29, 0.717) is 6.54 Å². The number of hydrogen-bond acceptors (Lipinski definition) is 2. The Morgan fingerprint density at radius 1 is 1.11 bits per heavy atom. The molecule has 0 saturated carbocycles. The molecule has 1 N–H and O–H groups in total. The van der Waals surface area contributed by atoms with Gasteiger partial charge in [0.05, 0.1) is 0 Å². The van der Waals surface area contributed by atoms with Crippen LogP contribution in [0.15, 0.2) is 42.5 Å². The van der Waals surface area contributed by atoms with Crippen LogP contribution in [0.4, 0.5) is 5.69 Å². The van der Waals surface area contributed by atoms with Crippen molar-refractivity contribution in [1.29, 1.82) is 0 Å². The van der Waals surface area contributed by atoms with Gasteiger partial charge in [0, 0.05) is 54.5 Å². The monoisotopic (exact) mass is 361 g/mol. The van der Waals surface area contributed by atoms with Gasteiger partial charge in [0.2, 0.25) is 0 Å². The van der Waals surface area contributed by atoms with Gasteiger partial charge in [-0.2, -0.15) is 0 Å². The number of anilines is 1. The van der Waals surface area contributed by atoms with Crippen LogP contribution in [0, 0.1) is 13.8 Å². The maximum absolute atomic E-state index is 13.0. The van der Waals surface area contributed by atoms with Crippen molar-refractivity contribution in [3.63, 3.8) is 0 Å². The molecule has 1 aliphatic rings. The molecule has 4 rings (SSSR count). The van der Waals surface area contributed by atoms with E-state index in [9.17, 15) is 4.79 Å². The number of rotatable bonds is 4. The normalized spacial score (nSPS) is 14.1. The van der Waals surface area contributed by atoms with Crippen LogP contribution in [0.25, 0.3) is 10.9 Å². The third-order valence-electron chi connectivity index (χ3n) is 5.75. The second-order valence-corrected chi connectivity index (χ2v) is 7.62. The number of benzene rings is 2. The summed E-state index contributed by atoms with van der Waals surface area (Å²) in [5, 5.41) is 1.13. The Morgan fingerprint density at radius 3 is 2.63 bits per heavy atom. The minimum Gasteiger partial charge on any atom is -0.371 e. The quantitative estimate of drug-likeness (QED) is 0.734. The van der Waals surface area contributed by atoms with Crippen molar-refractivity contribution >= 4 is 22.5 Å². The molecule has 0 radical (unpaired) electrons. The summed E-state index contributed by atoms with van der Waals surface area (Å²) in [7, 11) is 1.89. The second-order valence-electron chi connectivity index (χ2n) is 7.62. The van der Waals surface area contributed by atoms with Crippen molar-refractivity contribution in [3.8, 4) is 0 Å². The summed E-state index contributed by atoms with van der Waals surface area (Å²) in [6, 6.07) is 14.4. The molecular formula is C23H27N3O. The molecule has 0 aliphatic carbocycles. The fraction of sp³-hybridized carbons (Fsp3) is 0.348. The number of aromatic amines is 1. The number of aromatic nitrogens is 1. The molecule has 140 valence electrons. The Bertz CT molecular complexity index is 982. The molecule has 0 unspecified atom stereocenters. The number of fused-ring (bicyclic) bond motifs is 1. The molecule has 3 aromatic rings. The van der Waals surface area contributed by atoms with E-state index in [2.05, 4.69) is 48.0 Å². The number of carbonyl (C=O) groups is 1. The molecule has 1 saturated heterocycles. The van der Waals surface area contributed by atoms with Crippen LogP contribution in [-0.2, 0) is 6.54 Å². The summed E-state index contributed by atoms with van der Waals surface area (Å²) in [6.45, 7) is 7.00. The summed E-state index contributed by atoms with van der Waals surface area (Å²) < 4.78 is 0.